The Kier molecular flexibility index (Phi) is 4.15. The largest absolute Gasteiger partial charge is 0.481 e. The maximum absolute atomic E-state index is 11.2. The maximum Gasteiger partial charge on any atom is 0.336 e. The molecule has 0 unspecified atom stereocenters. The fourth-order valence-electron chi connectivity index (χ4n) is 2.02. The van der Waals surface area contributed by atoms with Gasteiger partial charge in [0.2, 0.25) is 0 Å². The molecule has 0 amide bonds. The molecular formula is C16H14O4. The van der Waals surface area contributed by atoms with E-state index in [1.54, 1.807) is 24.3 Å². The number of rotatable bonds is 5. The molecule has 102 valence electrons. The van der Waals surface area contributed by atoms with E-state index in [-0.39, 0.29) is 12.0 Å². The predicted octanol–water partition coefficient (Wildman–Crippen LogP) is 3.07. The topological polar surface area (TPSA) is 74.6 Å². The number of hydrogen-bond acceptors (Lipinski definition) is 2. The van der Waals surface area contributed by atoms with Crippen LogP contribution in [0.1, 0.15) is 22.3 Å². The fourth-order valence-corrected chi connectivity index (χ4v) is 2.02. The lowest BCUT2D eigenvalue weighted by Crippen LogP contribution is -1.99. The van der Waals surface area contributed by atoms with E-state index in [0.717, 1.165) is 11.1 Å². The van der Waals surface area contributed by atoms with E-state index >= 15 is 0 Å². The third-order valence-electron chi connectivity index (χ3n) is 3.05. The minimum atomic E-state index is -0.962. The first-order chi connectivity index (χ1) is 9.58. The Bertz CT molecular complexity index is 629. The number of aromatic carboxylic acids is 1. The Morgan fingerprint density at radius 2 is 1.55 bits per heavy atom. The standard InChI is InChI=1S/C16H14O4/c17-15(18)10-7-11-5-8-12(9-6-11)13-3-1-2-4-14(13)16(19)20/h1-6,8-9H,7,10H2,(H,17,18)(H,19,20). The second-order valence-electron chi connectivity index (χ2n) is 4.44. The Balaban J connectivity index is 2.26. The second-order valence-corrected chi connectivity index (χ2v) is 4.44. The highest BCUT2D eigenvalue weighted by molar-refractivity contribution is 5.95. The van der Waals surface area contributed by atoms with Crippen molar-refractivity contribution >= 4 is 11.9 Å². The van der Waals surface area contributed by atoms with E-state index in [2.05, 4.69) is 0 Å². The second kappa shape index (κ2) is 6.02. The SMILES string of the molecule is O=C(O)CCc1ccc(-c2ccccc2C(=O)O)cc1. The van der Waals surface area contributed by atoms with E-state index in [4.69, 9.17) is 10.2 Å². The average Bonchev–Trinajstić information content (AvgIpc) is 2.45. The summed E-state index contributed by atoms with van der Waals surface area (Å²) in [7, 11) is 0. The van der Waals surface area contributed by atoms with E-state index in [1.807, 2.05) is 24.3 Å². The molecule has 4 nitrogen and oxygen atoms in total. The van der Waals surface area contributed by atoms with Gasteiger partial charge in [-0.1, -0.05) is 42.5 Å². The summed E-state index contributed by atoms with van der Waals surface area (Å²) in [5, 5.41) is 17.8. The molecule has 0 atom stereocenters. The first-order valence-corrected chi connectivity index (χ1v) is 6.21. The van der Waals surface area contributed by atoms with Gasteiger partial charge in [0.25, 0.3) is 0 Å². The molecule has 0 spiro atoms. The van der Waals surface area contributed by atoms with Crippen molar-refractivity contribution < 1.29 is 19.8 Å². The molecule has 0 aliphatic carbocycles. The zero-order valence-electron chi connectivity index (χ0n) is 10.7. The van der Waals surface area contributed by atoms with Crippen LogP contribution in [0.5, 0.6) is 0 Å². The summed E-state index contributed by atoms with van der Waals surface area (Å²) in [6, 6.07) is 14.1. The lowest BCUT2D eigenvalue weighted by atomic mass is 9.98. The number of benzene rings is 2. The van der Waals surface area contributed by atoms with Gasteiger partial charge in [-0.25, -0.2) is 4.79 Å². The molecule has 0 saturated carbocycles. The van der Waals surface area contributed by atoms with Crippen molar-refractivity contribution in [3.63, 3.8) is 0 Å². The van der Waals surface area contributed by atoms with Gasteiger partial charge in [-0.15, -0.1) is 0 Å². The van der Waals surface area contributed by atoms with Crippen molar-refractivity contribution in [1.29, 1.82) is 0 Å². The highest BCUT2D eigenvalue weighted by Crippen LogP contribution is 2.24. The third-order valence-corrected chi connectivity index (χ3v) is 3.05. The quantitative estimate of drug-likeness (QED) is 0.875. The van der Waals surface area contributed by atoms with Crippen molar-refractivity contribution in [2.45, 2.75) is 12.8 Å². The molecular weight excluding hydrogens is 256 g/mol. The molecule has 0 aliphatic rings. The number of hydrogen-bond donors (Lipinski definition) is 2. The van der Waals surface area contributed by atoms with Gasteiger partial charge in [0.15, 0.2) is 0 Å². The van der Waals surface area contributed by atoms with Crippen molar-refractivity contribution in [2.24, 2.45) is 0 Å². The highest BCUT2D eigenvalue weighted by Gasteiger charge is 2.10. The normalized spacial score (nSPS) is 10.2. The van der Waals surface area contributed by atoms with Crippen LogP contribution >= 0.6 is 0 Å². The van der Waals surface area contributed by atoms with Gasteiger partial charge in [-0.2, -0.15) is 0 Å². The zero-order valence-corrected chi connectivity index (χ0v) is 10.7. The van der Waals surface area contributed by atoms with Crippen LogP contribution in [-0.4, -0.2) is 22.2 Å². The summed E-state index contributed by atoms with van der Waals surface area (Å²) in [6.07, 6.45) is 0.557. The average molecular weight is 270 g/mol. The van der Waals surface area contributed by atoms with Crippen molar-refractivity contribution in [2.75, 3.05) is 0 Å². The number of aryl methyl sites for hydroxylation is 1. The third kappa shape index (κ3) is 3.23. The highest BCUT2D eigenvalue weighted by atomic mass is 16.4. The first-order valence-electron chi connectivity index (χ1n) is 6.21. The lowest BCUT2D eigenvalue weighted by Gasteiger charge is -2.07. The molecule has 0 heterocycles. The van der Waals surface area contributed by atoms with Gasteiger partial charge >= 0.3 is 11.9 Å². The predicted molar refractivity (Wildman–Crippen MR) is 74.8 cm³/mol. The Morgan fingerprint density at radius 1 is 0.900 bits per heavy atom. The fraction of sp³-hybridized carbons (Fsp3) is 0.125. The van der Waals surface area contributed by atoms with Gasteiger partial charge in [-0.3, -0.25) is 4.79 Å². The summed E-state index contributed by atoms with van der Waals surface area (Å²) >= 11 is 0. The Labute approximate surface area is 116 Å². The minimum absolute atomic E-state index is 0.0884. The van der Waals surface area contributed by atoms with Crippen molar-refractivity contribution in [3.8, 4) is 11.1 Å². The molecule has 0 fully saturated rings. The van der Waals surface area contributed by atoms with Crippen LogP contribution in [0.4, 0.5) is 0 Å². The monoisotopic (exact) mass is 270 g/mol. The van der Waals surface area contributed by atoms with Crippen LogP contribution in [0.15, 0.2) is 48.5 Å². The van der Waals surface area contributed by atoms with E-state index in [0.29, 0.717) is 12.0 Å². The molecule has 0 aliphatic heterocycles. The molecule has 2 N–H and O–H groups in total. The van der Waals surface area contributed by atoms with Crippen molar-refractivity contribution in [3.05, 3.63) is 59.7 Å². The van der Waals surface area contributed by atoms with Crippen LogP contribution in [0, 0.1) is 0 Å². The summed E-state index contributed by atoms with van der Waals surface area (Å²) in [5.74, 6) is -1.79. The van der Waals surface area contributed by atoms with Gasteiger partial charge in [-0.05, 0) is 29.2 Å². The van der Waals surface area contributed by atoms with Gasteiger partial charge in [0, 0.05) is 6.42 Å². The molecule has 2 aromatic carbocycles. The summed E-state index contributed by atoms with van der Waals surface area (Å²) < 4.78 is 0. The van der Waals surface area contributed by atoms with Crippen molar-refractivity contribution in [1.82, 2.24) is 0 Å². The molecule has 0 saturated heterocycles. The summed E-state index contributed by atoms with van der Waals surface area (Å²) in [6.45, 7) is 0. The molecule has 0 bridgehead atoms. The smallest absolute Gasteiger partial charge is 0.336 e. The van der Waals surface area contributed by atoms with E-state index in [9.17, 15) is 9.59 Å². The molecule has 20 heavy (non-hydrogen) atoms. The maximum atomic E-state index is 11.2. The molecule has 2 aromatic rings. The zero-order chi connectivity index (χ0) is 14.5. The number of carbonyl (C=O) groups is 2. The van der Waals surface area contributed by atoms with Crippen LogP contribution in [0.2, 0.25) is 0 Å². The van der Waals surface area contributed by atoms with Gasteiger partial charge in [0.05, 0.1) is 5.56 Å². The molecule has 0 radical (unpaired) electrons. The number of aliphatic carboxylic acids is 1. The van der Waals surface area contributed by atoms with Crippen LogP contribution in [0.3, 0.4) is 0 Å². The number of carboxylic acid groups (broad SMARTS) is 2. The number of carboxylic acids is 2. The molecule has 0 aromatic heterocycles. The van der Waals surface area contributed by atoms with Gasteiger partial charge in [0.1, 0.15) is 0 Å². The van der Waals surface area contributed by atoms with Crippen LogP contribution in [0.25, 0.3) is 11.1 Å². The van der Waals surface area contributed by atoms with Gasteiger partial charge < -0.3 is 10.2 Å². The lowest BCUT2D eigenvalue weighted by molar-refractivity contribution is -0.136. The summed E-state index contributed by atoms with van der Waals surface area (Å²) in [5.41, 5.74) is 2.64. The van der Waals surface area contributed by atoms with Crippen LogP contribution in [-0.2, 0) is 11.2 Å². The first kappa shape index (κ1) is 13.8. The summed E-state index contributed by atoms with van der Waals surface area (Å²) in [4.78, 5) is 21.7. The minimum Gasteiger partial charge on any atom is -0.481 e. The Morgan fingerprint density at radius 3 is 2.15 bits per heavy atom. The van der Waals surface area contributed by atoms with E-state index in [1.165, 1.54) is 0 Å². The van der Waals surface area contributed by atoms with E-state index < -0.39 is 11.9 Å². The molecule has 4 heteroatoms. The Hall–Kier alpha value is -2.62. The van der Waals surface area contributed by atoms with Crippen LogP contribution < -0.4 is 0 Å². The molecule has 2 rings (SSSR count).